The minimum atomic E-state index is -3.88. The third-order valence-electron chi connectivity index (χ3n) is 5.69. The number of rotatable bonds is 8. The van der Waals surface area contributed by atoms with Crippen LogP contribution in [0.4, 0.5) is 4.79 Å². The molecule has 11 heteroatoms. The van der Waals surface area contributed by atoms with Crippen molar-refractivity contribution in [2.75, 3.05) is 0 Å². The Morgan fingerprint density at radius 3 is 2.44 bits per heavy atom. The van der Waals surface area contributed by atoms with Gasteiger partial charge in [0.2, 0.25) is 15.9 Å². The molecule has 0 spiro atoms. The summed E-state index contributed by atoms with van der Waals surface area (Å²) in [5, 5.41) is 3.77. The van der Waals surface area contributed by atoms with Crippen LogP contribution < -0.4 is 15.8 Å². The largest absolute Gasteiger partial charge is 0.446 e. The summed E-state index contributed by atoms with van der Waals surface area (Å²) in [6.07, 6.45) is 3.92. The van der Waals surface area contributed by atoms with Crippen molar-refractivity contribution in [1.82, 2.24) is 15.0 Å². The summed E-state index contributed by atoms with van der Waals surface area (Å²) in [6, 6.07) is 5.12. The van der Waals surface area contributed by atoms with Gasteiger partial charge in [0, 0.05) is 29.3 Å². The Morgan fingerprint density at radius 2 is 1.86 bits per heavy atom. The van der Waals surface area contributed by atoms with E-state index in [1.165, 1.54) is 11.3 Å². The number of benzene rings is 1. The van der Waals surface area contributed by atoms with Crippen LogP contribution in [-0.2, 0) is 26.0 Å². The topological polar surface area (TPSA) is 140 Å². The second-order valence-corrected chi connectivity index (χ2v) is 13.3. The molecule has 0 atom stereocenters. The first kappa shape index (κ1) is 28.1. The summed E-state index contributed by atoms with van der Waals surface area (Å²) in [6.45, 7) is 9.11. The number of nitrogens with two attached hydrogens (primary N) is 1. The highest BCUT2D eigenvalue weighted by Gasteiger charge is 2.29. The maximum Gasteiger partial charge on any atom is 0.404 e. The van der Waals surface area contributed by atoms with Gasteiger partial charge in [-0.05, 0) is 71.9 Å². The van der Waals surface area contributed by atoms with Crippen LogP contribution in [0.3, 0.4) is 0 Å². The number of hydrogen-bond acceptors (Lipinski definition) is 7. The molecule has 3 rings (SSSR count). The number of carbonyl (C=O) groups excluding carboxylic acids is 2. The molecule has 2 amide bonds. The van der Waals surface area contributed by atoms with Crippen LogP contribution in [0.2, 0.25) is 0 Å². The fraction of sp³-hybridized carbons (Fsp3) is 0.560. The van der Waals surface area contributed by atoms with Crippen LogP contribution in [0.5, 0.6) is 0 Å². The highest BCUT2D eigenvalue weighted by atomic mass is 32.2. The number of nitrogens with zero attached hydrogens (tertiary/aromatic N) is 1. The molecule has 0 unspecified atom stereocenters. The molecular formula is C25H36N4O5S2. The van der Waals surface area contributed by atoms with Gasteiger partial charge in [0.1, 0.15) is 6.10 Å². The van der Waals surface area contributed by atoms with Crippen LogP contribution in [0.1, 0.15) is 76.8 Å². The van der Waals surface area contributed by atoms with Crippen LogP contribution in [0.25, 0.3) is 10.4 Å². The molecule has 1 heterocycles. The third-order valence-corrected chi connectivity index (χ3v) is 8.68. The first-order valence-electron chi connectivity index (χ1n) is 12.1. The van der Waals surface area contributed by atoms with Crippen LogP contribution in [-0.4, -0.2) is 43.1 Å². The highest BCUT2D eigenvalue weighted by molar-refractivity contribution is 7.89. The summed E-state index contributed by atoms with van der Waals surface area (Å²) in [4.78, 5) is 28.8. The molecule has 1 saturated carbocycles. The Morgan fingerprint density at radius 1 is 1.19 bits per heavy atom. The minimum Gasteiger partial charge on any atom is -0.446 e. The molecule has 198 valence electrons. The van der Waals surface area contributed by atoms with E-state index in [0.717, 1.165) is 22.7 Å². The van der Waals surface area contributed by atoms with Gasteiger partial charge in [-0.15, -0.1) is 11.3 Å². The van der Waals surface area contributed by atoms with Crippen LogP contribution >= 0.6 is 11.3 Å². The molecule has 1 aliphatic rings. The standard InChI is InChI=1S/C25H36N4O5S2/c1-15(2)28-22(30)13-16-6-11-19(21(12-16)36(32,33)29-25(3,4)5)20-14-27-23(35-20)17-7-9-18(10-8-17)34-24(26)31/h6,11-12,14-15,17-18,29H,7-10,13H2,1-5H3,(H2,26,31)(H,28,30)/t17-,18-. The lowest BCUT2D eigenvalue weighted by Crippen LogP contribution is -2.40. The number of hydrogen-bond donors (Lipinski definition) is 3. The van der Waals surface area contributed by atoms with Crippen molar-refractivity contribution in [2.24, 2.45) is 5.73 Å². The maximum absolute atomic E-state index is 13.4. The minimum absolute atomic E-state index is 0.00410. The Bertz CT molecular complexity index is 1190. The van der Waals surface area contributed by atoms with E-state index in [9.17, 15) is 18.0 Å². The van der Waals surface area contributed by atoms with Gasteiger partial charge in [-0.25, -0.2) is 22.9 Å². The van der Waals surface area contributed by atoms with Crippen molar-refractivity contribution >= 4 is 33.4 Å². The lowest BCUT2D eigenvalue weighted by atomic mass is 9.88. The Balaban J connectivity index is 1.90. The zero-order valence-electron chi connectivity index (χ0n) is 21.5. The average molecular weight is 537 g/mol. The quantitative estimate of drug-likeness (QED) is 0.464. The third kappa shape index (κ3) is 7.75. The fourth-order valence-electron chi connectivity index (χ4n) is 4.31. The number of amides is 2. The lowest BCUT2D eigenvalue weighted by Gasteiger charge is -2.26. The fourth-order valence-corrected chi connectivity index (χ4v) is 7.19. The zero-order chi connectivity index (χ0) is 26.7. The van der Waals surface area contributed by atoms with E-state index in [-0.39, 0.29) is 35.3 Å². The van der Waals surface area contributed by atoms with E-state index in [1.807, 2.05) is 13.8 Å². The molecule has 4 N–H and O–H groups in total. The summed E-state index contributed by atoms with van der Waals surface area (Å²) < 4.78 is 34.7. The van der Waals surface area contributed by atoms with E-state index in [4.69, 9.17) is 10.5 Å². The van der Waals surface area contributed by atoms with Crippen LogP contribution in [0.15, 0.2) is 29.3 Å². The van der Waals surface area contributed by atoms with Crippen molar-refractivity contribution in [3.8, 4) is 10.4 Å². The first-order valence-corrected chi connectivity index (χ1v) is 14.4. The Kier molecular flexibility index (Phi) is 8.79. The second-order valence-electron chi connectivity index (χ2n) is 10.6. The summed E-state index contributed by atoms with van der Waals surface area (Å²) in [7, 11) is -3.88. The van der Waals surface area contributed by atoms with E-state index in [0.29, 0.717) is 24.0 Å². The predicted molar refractivity (Wildman–Crippen MR) is 140 cm³/mol. The molecule has 0 radical (unpaired) electrons. The smallest absolute Gasteiger partial charge is 0.404 e. The number of ether oxygens (including phenoxy) is 1. The van der Waals surface area contributed by atoms with Crippen molar-refractivity contribution in [1.29, 1.82) is 0 Å². The molecule has 1 aliphatic carbocycles. The summed E-state index contributed by atoms with van der Waals surface area (Å²) >= 11 is 1.47. The van der Waals surface area contributed by atoms with Gasteiger partial charge in [0.05, 0.1) is 21.2 Å². The van der Waals surface area contributed by atoms with Crippen molar-refractivity contribution in [3.05, 3.63) is 35.0 Å². The summed E-state index contributed by atoms with van der Waals surface area (Å²) in [5.41, 5.74) is 5.62. The predicted octanol–water partition coefficient (Wildman–Crippen LogP) is 4.08. The zero-order valence-corrected chi connectivity index (χ0v) is 23.1. The van der Waals surface area contributed by atoms with E-state index >= 15 is 0 Å². The SMILES string of the molecule is CC(C)NC(=O)Cc1ccc(-c2cnc([C@H]3CC[C@H](OC(N)=O)CC3)s2)c(S(=O)(=O)NC(C)(C)C)c1. The number of carbonyl (C=O) groups is 2. The van der Waals surface area contributed by atoms with Crippen molar-refractivity contribution in [2.45, 2.75) is 95.2 Å². The van der Waals surface area contributed by atoms with Crippen molar-refractivity contribution < 1.29 is 22.7 Å². The van der Waals surface area contributed by atoms with Gasteiger partial charge in [-0.2, -0.15) is 0 Å². The number of aromatic nitrogens is 1. The van der Waals surface area contributed by atoms with Gasteiger partial charge in [-0.1, -0.05) is 12.1 Å². The van der Waals surface area contributed by atoms with E-state index in [2.05, 4.69) is 15.0 Å². The molecular weight excluding hydrogens is 500 g/mol. The Labute approximate surface area is 217 Å². The van der Waals surface area contributed by atoms with Gasteiger partial charge < -0.3 is 15.8 Å². The summed E-state index contributed by atoms with van der Waals surface area (Å²) in [5.74, 6) is 0.0455. The van der Waals surface area contributed by atoms with Crippen molar-refractivity contribution in [3.63, 3.8) is 0 Å². The second kappa shape index (κ2) is 11.3. The maximum atomic E-state index is 13.4. The highest BCUT2D eigenvalue weighted by Crippen LogP contribution is 2.40. The number of nitrogens with one attached hydrogen (secondary N) is 2. The molecule has 1 fully saturated rings. The molecule has 2 aromatic rings. The van der Waals surface area contributed by atoms with E-state index in [1.54, 1.807) is 45.2 Å². The van der Waals surface area contributed by atoms with Crippen LogP contribution in [0, 0.1) is 0 Å². The van der Waals surface area contributed by atoms with Gasteiger partial charge in [-0.3, -0.25) is 4.79 Å². The normalized spacial score (nSPS) is 18.7. The molecule has 1 aromatic carbocycles. The lowest BCUT2D eigenvalue weighted by molar-refractivity contribution is -0.120. The molecule has 9 nitrogen and oxygen atoms in total. The van der Waals surface area contributed by atoms with Gasteiger partial charge in [0.15, 0.2) is 0 Å². The number of thiazole rings is 1. The molecule has 0 saturated heterocycles. The average Bonchev–Trinajstić information content (AvgIpc) is 3.21. The van der Waals surface area contributed by atoms with E-state index < -0.39 is 21.7 Å². The van der Waals surface area contributed by atoms with Gasteiger partial charge >= 0.3 is 6.09 Å². The number of primary amides is 1. The first-order chi connectivity index (χ1) is 16.7. The molecule has 1 aromatic heterocycles. The molecule has 36 heavy (non-hydrogen) atoms. The molecule has 0 bridgehead atoms. The molecule has 0 aliphatic heterocycles. The van der Waals surface area contributed by atoms with Gasteiger partial charge in [0.25, 0.3) is 0 Å². The Hall–Kier alpha value is -2.50. The monoisotopic (exact) mass is 536 g/mol. The number of sulfonamides is 1.